The first-order chi connectivity index (χ1) is 6.11. The Morgan fingerprint density at radius 1 is 1.62 bits per heavy atom. The molecule has 0 aromatic heterocycles. The number of rotatable bonds is 6. The van der Waals surface area contributed by atoms with Crippen molar-refractivity contribution in [3.8, 4) is 6.07 Å². The molecule has 0 saturated carbocycles. The lowest BCUT2D eigenvalue weighted by Gasteiger charge is -2.14. The molecule has 74 valence electrons. The molecule has 0 bridgehead atoms. The molecule has 0 heterocycles. The monoisotopic (exact) mass is 183 g/mol. The summed E-state index contributed by atoms with van der Waals surface area (Å²) in [7, 11) is 0. The van der Waals surface area contributed by atoms with Gasteiger partial charge in [0.2, 0.25) is 0 Å². The van der Waals surface area contributed by atoms with Gasteiger partial charge in [-0.2, -0.15) is 5.26 Å². The Kier molecular flexibility index (Phi) is 5.94. The van der Waals surface area contributed by atoms with Crippen LogP contribution in [-0.2, 0) is 0 Å². The Balaban J connectivity index is 3.68. The number of hydrogen-bond donors (Lipinski definition) is 3. The predicted molar refractivity (Wildman–Crippen MR) is 51.3 cm³/mol. The molecule has 0 aliphatic carbocycles. The van der Waals surface area contributed by atoms with Crippen LogP contribution in [0, 0.1) is 23.2 Å². The summed E-state index contributed by atoms with van der Waals surface area (Å²) in [5.41, 5.74) is 6.22. The molecule has 0 saturated heterocycles. The zero-order valence-electron chi connectivity index (χ0n) is 8.17. The molecule has 1 atom stereocenters. The Bertz CT molecular complexity index is 196. The molecule has 0 radical (unpaired) electrons. The van der Waals surface area contributed by atoms with E-state index in [0.717, 1.165) is 6.54 Å². The van der Waals surface area contributed by atoms with E-state index in [9.17, 15) is 0 Å². The standard InChI is InChI=1S/C9H17N3O/c1-7(2)5-11-12-8(3)9(4-10)6-13/h7,9,11-13H,3,5-6H2,1-2H3. The highest BCUT2D eigenvalue weighted by Crippen LogP contribution is 2.01. The largest absolute Gasteiger partial charge is 0.395 e. The fourth-order valence-electron chi connectivity index (χ4n) is 0.685. The van der Waals surface area contributed by atoms with Crippen LogP contribution in [0.25, 0.3) is 0 Å². The van der Waals surface area contributed by atoms with E-state index in [0.29, 0.717) is 11.6 Å². The van der Waals surface area contributed by atoms with Crippen LogP contribution in [0.4, 0.5) is 0 Å². The first-order valence-corrected chi connectivity index (χ1v) is 4.30. The molecule has 0 amide bonds. The summed E-state index contributed by atoms with van der Waals surface area (Å²) in [6, 6.07) is 1.94. The van der Waals surface area contributed by atoms with Crippen LogP contribution in [0.5, 0.6) is 0 Å². The maximum atomic E-state index is 8.75. The van der Waals surface area contributed by atoms with Crippen LogP contribution in [-0.4, -0.2) is 18.3 Å². The van der Waals surface area contributed by atoms with Crippen LogP contribution in [0.1, 0.15) is 13.8 Å². The van der Waals surface area contributed by atoms with Gasteiger partial charge in [0.1, 0.15) is 5.92 Å². The van der Waals surface area contributed by atoms with E-state index in [1.54, 1.807) is 0 Å². The molecule has 13 heavy (non-hydrogen) atoms. The summed E-state index contributed by atoms with van der Waals surface area (Å²) in [5, 5.41) is 17.3. The molecule has 1 unspecified atom stereocenters. The van der Waals surface area contributed by atoms with E-state index >= 15 is 0 Å². The zero-order chi connectivity index (χ0) is 10.3. The molecular weight excluding hydrogens is 166 g/mol. The van der Waals surface area contributed by atoms with Crippen molar-refractivity contribution in [2.45, 2.75) is 13.8 Å². The fourth-order valence-corrected chi connectivity index (χ4v) is 0.685. The minimum atomic E-state index is -0.542. The van der Waals surface area contributed by atoms with Gasteiger partial charge in [-0.1, -0.05) is 20.4 Å². The van der Waals surface area contributed by atoms with Crippen LogP contribution < -0.4 is 10.9 Å². The highest BCUT2D eigenvalue weighted by atomic mass is 16.3. The lowest BCUT2D eigenvalue weighted by Crippen LogP contribution is -2.36. The van der Waals surface area contributed by atoms with Gasteiger partial charge >= 0.3 is 0 Å². The zero-order valence-corrected chi connectivity index (χ0v) is 8.17. The fraction of sp³-hybridized carbons (Fsp3) is 0.667. The number of aliphatic hydroxyl groups is 1. The van der Waals surface area contributed by atoms with Gasteiger partial charge in [0.15, 0.2) is 0 Å². The van der Waals surface area contributed by atoms with Gasteiger partial charge in [-0.15, -0.1) is 0 Å². The number of hydrogen-bond acceptors (Lipinski definition) is 4. The van der Waals surface area contributed by atoms with Crippen LogP contribution in [0.2, 0.25) is 0 Å². The first kappa shape index (κ1) is 11.9. The van der Waals surface area contributed by atoms with Crippen molar-refractivity contribution >= 4 is 0 Å². The van der Waals surface area contributed by atoms with E-state index in [1.165, 1.54) is 0 Å². The van der Waals surface area contributed by atoms with Crippen LogP contribution in [0.3, 0.4) is 0 Å². The quantitative estimate of drug-likeness (QED) is 0.521. The Morgan fingerprint density at radius 2 is 2.23 bits per heavy atom. The predicted octanol–water partition coefficient (Wildman–Crippen LogP) is 0.382. The smallest absolute Gasteiger partial charge is 0.110 e. The normalized spacial score (nSPS) is 12.2. The van der Waals surface area contributed by atoms with Crippen LogP contribution >= 0.6 is 0 Å². The molecule has 0 spiro atoms. The van der Waals surface area contributed by atoms with Crippen molar-refractivity contribution in [3.63, 3.8) is 0 Å². The molecule has 3 N–H and O–H groups in total. The van der Waals surface area contributed by atoms with Crippen molar-refractivity contribution in [1.82, 2.24) is 10.9 Å². The average Bonchev–Trinajstić information content (AvgIpc) is 2.05. The summed E-state index contributed by atoms with van der Waals surface area (Å²) in [4.78, 5) is 0. The Labute approximate surface area is 79.2 Å². The van der Waals surface area contributed by atoms with Crippen molar-refractivity contribution < 1.29 is 5.11 Å². The number of aliphatic hydroxyl groups excluding tert-OH is 1. The number of nitrogens with zero attached hydrogens (tertiary/aromatic N) is 1. The third kappa shape index (κ3) is 5.23. The molecule has 0 aliphatic heterocycles. The number of nitriles is 1. The molecule has 0 aliphatic rings. The highest BCUT2D eigenvalue weighted by Gasteiger charge is 2.09. The molecule has 0 fully saturated rings. The van der Waals surface area contributed by atoms with Gasteiger partial charge in [0.25, 0.3) is 0 Å². The second-order valence-corrected chi connectivity index (χ2v) is 3.29. The molecule has 0 rings (SSSR count). The summed E-state index contributed by atoms with van der Waals surface area (Å²) < 4.78 is 0. The van der Waals surface area contributed by atoms with E-state index in [2.05, 4.69) is 31.3 Å². The SMILES string of the molecule is C=C(NNCC(C)C)C(C#N)CO. The summed E-state index contributed by atoms with van der Waals surface area (Å²) >= 11 is 0. The van der Waals surface area contributed by atoms with Crippen LogP contribution in [0.15, 0.2) is 12.3 Å². The summed E-state index contributed by atoms with van der Waals surface area (Å²) in [5.74, 6) is -0.0189. The topological polar surface area (TPSA) is 68.1 Å². The van der Waals surface area contributed by atoms with Crippen molar-refractivity contribution in [3.05, 3.63) is 12.3 Å². The van der Waals surface area contributed by atoms with Gasteiger partial charge in [-0.25, -0.2) is 5.43 Å². The Hall–Kier alpha value is -1.05. The lowest BCUT2D eigenvalue weighted by molar-refractivity contribution is 0.265. The van der Waals surface area contributed by atoms with E-state index in [-0.39, 0.29) is 6.61 Å². The maximum absolute atomic E-state index is 8.75. The summed E-state index contributed by atoms with van der Waals surface area (Å²) in [6.07, 6.45) is 0. The number of hydrazine groups is 1. The second-order valence-electron chi connectivity index (χ2n) is 3.29. The van der Waals surface area contributed by atoms with E-state index in [4.69, 9.17) is 10.4 Å². The average molecular weight is 183 g/mol. The third-order valence-electron chi connectivity index (χ3n) is 1.52. The maximum Gasteiger partial charge on any atom is 0.110 e. The van der Waals surface area contributed by atoms with Gasteiger partial charge in [0, 0.05) is 12.2 Å². The van der Waals surface area contributed by atoms with Gasteiger partial charge in [-0.3, -0.25) is 0 Å². The van der Waals surface area contributed by atoms with Gasteiger partial charge in [0.05, 0.1) is 12.7 Å². The molecule has 0 aromatic rings. The molecule has 4 nitrogen and oxygen atoms in total. The molecule has 4 heteroatoms. The van der Waals surface area contributed by atoms with Crippen molar-refractivity contribution in [1.29, 1.82) is 5.26 Å². The minimum absolute atomic E-state index is 0.203. The van der Waals surface area contributed by atoms with E-state index < -0.39 is 5.92 Å². The van der Waals surface area contributed by atoms with E-state index in [1.807, 2.05) is 6.07 Å². The highest BCUT2D eigenvalue weighted by molar-refractivity contribution is 5.07. The first-order valence-electron chi connectivity index (χ1n) is 4.30. The minimum Gasteiger partial charge on any atom is -0.395 e. The Morgan fingerprint density at radius 3 is 2.62 bits per heavy atom. The van der Waals surface area contributed by atoms with Gasteiger partial charge < -0.3 is 10.5 Å². The van der Waals surface area contributed by atoms with Crippen molar-refractivity contribution in [2.24, 2.45) is 11.8 Å². The number of nitrogens with one attached hydrogen (secondary N) is 2. The lowest BCUT2D eigenvalue weighted by atomic mass is 10.1. The molecular formula is C9H17N3O. The van der Waals surface area contributed by atoms with Crippen molar-refractivity contribution in [2.75, 3.05) is 13.2 Å². The van der Waals surface area contributed by atoms with Gasteiger partial charge in [-0.05, 0) is 5.92 Å². The molecule has 0 aromatic carbocycles. The summed E-state index contributed by atoms with van der Waals surface area (Å²) in [6.45, 7) is 8.38. The third-order valence-corrected chi connectivity index (χ3v) is 1.52. The second kappa shape index (κ2) is 6.46.